The molecule has 1 atom stereocenters. The molecule has 1 aromatic heterocycles. The average Bonchev–Trinajstić information content (AvgIpc) is 3.06. The second-order valence-electron chi connectivity index (χ2n) is 5.38. The normalized spacial score (nSPS) is 17.7. The van der Waals surface area contributed by atoms with Crippen molar-refractivity contribution in [3.8, 4) is 0 Å². The van der Waals surface area contributed by atoms with Crippen molar-refractivity contribution in [2.45, 2.75) is 12.8 Å². The van der Waals surface area contributed by atoms with Crippen molar-refractivity contribution in [3.05, 3.63) is 22.4 Å². The number of hydrogen-bond donors (Lipinski definition) is 2. The third-order valence-electron chi connectivity index (χ3n) is 3.49. The van der Waals surface area contributed by atoms with Crippen LogP contribution in [0.15, 0.2) is 17.5 Å². The number of carbonyl (C=O) groups excluding carboxylic acids is 3. The first-order valence-corrected chi connectivity index (χ1v) is 7.97. The Balaban J connectivity index is 1.84. The second-order valence-corrected chi connectivity index (χ2v) is 6.33. The largest absolute Gasteiger partial charge is 0.331 e. The van der Waals surface area contributed by atoms with Gasteiger partial charge >= 0.3 is 6.03 Å². The van der Waals surface area contributed by atoms with Crippen molar-refractivity contribution in [2.75, 3.05) is 27.2 Å². The predicted octanol–water partition coefficient (Wildman–Crippen LogP) is 0.903. The first kappa shape index (κ1) is 16.3. The van der Waals surface area contributed by atoms with Gasteiger partial charge in [-0.2, -0.15) is 0 Å². The Kier molecular flexibility index (Phi) is 5.37. The van der Waals surface area contributed by atoms with Gasteiger partial charge < -0.3 is 9.80 Å². The van der Waals surface area contributed by atoms with E-state index >= 15 is 0 Å². The molecule has 0 saturated carbocycles. The highest BCUT2D eigenvalue weighted by atomic mass is 32.1. The Bertz CT molecular complexity index is 544. The summed E-state index contributed by atoms with van der Waals surface area (Å²) in [6.45, 7) is 1.03. The average molecular weight is 324 g/mol. The molecule has 4 amide bonds. The summed E-state index contributed by atoms with van der Waals surface area (Å²) in [5.41, 5.74) is 4.85. The Morgan fingerprint density at radius 2 is 2.09 bits per heavy atom. The molecule has 0 aromatic carbocycles. The highest BCUT2D eigenvalue weighted by Gasteiger charge is 2.29. The highest BCUT2D eigenvalue weighted by Crippen LogP contribution is 2.17. The van der Waals surface area contributed by atoms with Gasteiger partial charge in [0.2, 0.25) is 5.91 Å². The third kappa shape index (κ3) is 3.97. The Hall–Kier alpha value is -2.09. The molecule has 1 saturated heterocycles. The van der Waals surface area contributed by atoms with E-state index in [1.54, 1.807) is 36.5 Å². The lowest BCUT2D eigenvalue weighted by Gasteiger charge is -2.33. The van der Waals surface area contributed by atoms with E-state index in [1.807, 2.05) is 0 Å². The van der Waals surface area contributed by atoms with Crippen LogP contribution in [0.5, 0.6) is 0 Å². The number of hydrogen-bond acceptors (Lipinski definition) is 4. The van der Waals surface area contributed by atoms with E-state index in [4.69, 9.17) is 0 Å². The highest BCUT2D eigenvalue weighted by molar-refractivity contribution is 7.12. The molecule has 0 radical (unpaired) electrons. The predicted molar refractivity (Wildman–Crippen MR) is 83.3 cm³/mol. The van der Waals surface area contributed by atoms with Crippen molar-refractivity contribution < 1.29 is 14.4 Å². The minimum atomic E-state index is -0.333. The number of thiophene rings is 1. The van der Waals surface area contributed by atoms with Gasteiger partial charge in [0, 0.05) is 27.2 Å². The SMILES string of the molecule is CN(C)C(=O)N1CCC[C@H](C(=O)NNC(=O)c2cccs2)C1. The number of nitrogens with zero attached hydrogens (tertiary/aromatic N) is 2. The van der Waals surface area contributed by atoms with Crippen LogP contribution in [0.1, 0.15) is 22.5 Å². The number of nitrogens with one attached hydrogen (secondary N) is 2. The summed E-state index contributed by atoms with van der Waals surface area (Å²) < 4.78 is 0. The molecule has 1 fully saturated rings. The quantitative estimate of drug-likeness (QED) is 0.793. The zero-order chi connectivity index (χ0) is 16.1. The molecule has 2 rings (SSSR count). The van der Waals surface area contributed by atoms with Gasteiger partial charge in [0.1, 0.15) is 0 Å². The number of amides is 4. The molecule has 7 nitrogen and oxygen atoms in total. The molecular formula is C14H20N4O3S. The van der Waals surface area contributed by atoms with Crippen molar-refractivity contribution in [1.82, 2.24) is 20.7 Å². The fourth-order valence-corrected chi connectivity index (χ4v) is 2.96. The molecule has 2 heterocycles. The van der Waals surface area contributed by atoms with Crippen molar-refractivity contribution in [3.63, 3.8) is 0 Å². The standard InChI is InChI=1S/C14H20N4O3S/c1-17(2)14(21)18-7-3-5-10(9-18)12(19)15-16-13(20)11-6-4-8-22-11/h4,6,8,10H,3,5,7,9H2,1-2H3,(H,15,19)(H,16,20)/t10-/m0/s1. The Morgan fingerprint density at radius 1 is 1.32 bits per heavy atom. The maximum Gasteiger partial charge on any atom is 0.319 e. The summed E-state index contributed by atoms with van der Waals surface area (Å²) in [6, 6.07) is 3.36. The lowest BCUT2D eigenvalue weighted by atomic mass is 9.97. The third-order valence-corrected chi connectivity index (χ3v) is 4.36. The molecular weight excluding hydrogens is 304 g/mol. The zero-order valence-electron chi connectivity index (χ0n) is 12.7. The van der Waals surface area contributed by atoms with Crippen LogP contribution in [0.4, 0.5) is 4.79 Å². The fourth-order valence-electron chi connectivity index (χ4n) is 2.34. The molecule has 22 heavy (non-hydrogen) atoms. The van der Waals surface area contributed by atoms with Gasteiger partial charge in [-0.15, -0.1) is 11.3 Å². The zero-order valence-corrected chi connectivity index (χ0v) is 13.5. The van der Waals surface area contributed by atoms with Crippen molar-refractivity contribution in [1.29, 1.82) is 0 Å². The number of carbonyl (C=O) groups is 3. The minimum Gasteiger partial charge on any atom is -0.331 e. The van der Waals surface area contributed by atoms with E-state index in [0.717, 1.165) is 6.42 Å². The van der Waals surface area contributed by atoms with Crippen LogP contribution in [0, 0.1) is 5.92 Å². The summed E-state index contributed by atoms with van der Waals surface area (Å²) in [5.74, 6) is -0.900. The van der Waals surface area contributed by atoms with E-state index in [1.165, 1.54) is 16.2 Å². The van der Waals surface area contributed by atoms with Gasteiger partial charge in [-0.1, -0.05) is 6.07 Å². The van der Waals surface area contributed by atoms with Crippen molar-refractivity contribution in [2.24, 2.45) is 5.92 Å². The van der Waals surface area contributed by atoms with Gasteiger partial charge in [0.15, 0.2) is 0 Å². The summed E-state index contributed by atoms with van der Waals surface area (Å²) in [5, 5.41) is 1.79. The van der Waals surface area contributed by atoms with Crippen LogP contribution < -0.4 is 10.9 Å². The van der Waals surface area contributed by atoms with Crippen LogP contribution in [-0.2, 0) is 4.79 Å². The summed E-state index contributed by atoms with van der Waals surface area (Å²) in [6.07, 6.45) is 1.48. The number of rotatable bonds is 2. The summed E-state index contributed by atoms with van der Waals surface area (Å²) in [4.78, 5) is 39.5. The fraction of sp³-hybridized carbons (Fsp3) is 0.500. The molecule has 0 unspecified atom stereocenters. The maximum atomic E-state index is 12.1. The topological polar surface area (TPSA) is 81.8 Å². The van der Waals surface area contributed by atoms with Crippen LogP contribution in [0.3, 0.4) is 0 Å². The Morgan fingerprint density at radius 3 is 2.73 bits per heavy atom. The molecule has 1 aliphatic heterocycles. The smallest absolute Gasteiger partial charge is 0.319 e. The lowest BCUT2D eigenvalue weighted by Crippen LogP contribution is -2.51. The molecule has 1 aromatic rings. The van der Waals surface area contributed by atoms with E-state index in [-0.39, 0.29) is 23.8 Å². The van der Waals surface area contributed by atoms with Gasteiger partial charge in [0.05, 0.1) is 10.8 Å². The van der Waals surface area contributed by atoms with Crippen molar-refractivity contribution >= 4 is 29.2 Å². The number of piperidine rings is 1. The van der Waals surface area contributed by atoms with Gasteiger partial charge in [-0.05, 0) is 24.3 Å². The molecule has 8 heteroatoms. The van der Waals surface area contributed by atoms with E-state index in [0.29, 0.717) is 24.4 Å². The molecule has 0 bridgehead atoms. The molecule has 0 aliphatic carbocycles. The Labute approximate surface area is 133 Å². The minimum absolute atomic E-state index is 0.0971. The summed E-state index contributed by atoms with van der Waals surface area (Å²) in [7, 11) is 3.38. The molecule has 1 aliphatic rings. The van der Waals surface area contributed by atoms with Crippen LogP contribution in [0.25, 0.3) is 0 Å². The molecule has 0 spiro atoms. The first-order chi connectivity index (χ1) is 10.5. The van der Waals surface area contributed by atoms with Crippen LogP contribution >= 0.6 is 11.3 Å². The lowest BCUT2D eigenvalue weighted by molar-refractivity contribution is -0.127. The number of likely N-dealkylation sites (tertiary alicyclic amines) is 1. The van der Waals surface area contributed by atoms with E-state index < -0.39 is 0 Å². The summed E-state index contributed by atoms with van der Waals surface area (Å²) >= 11 is 1.30. The van der Waals surface area contributed by atoms with Crippen LogP contribution in [-0.4, -0.2) is 54.8 Å². The number of hydrazine groups is 1. The van der Waals surface area contributed by atoms with E-state index in [9.17, 15) is 14.4 Å². The monoisotopic (exact) mass is 324 g/mol. The van der Waals surface area contributed by atoms with Gasteiger partial charge in [0.25, 0.3) is 5.91 Å². The van der Waals surface area contributed by atoms with Gasteiger partial charge in [-0.3, -0.25) is 20.4 Å². The van der Waals surface area contributed by atoms with Gasteiger partial charge in [-0.25, -0.2) is 4.79 Å². The molecule has 2 N–H and O–H groups in total. The van der Waals surface area contributed by atoms with E-state index in [2.05, 4.69) is 10.9 Å². The van der Waals surface area contributed by atoms with Crippen LogP contribution in [0.2, 0.25) is 0 Å². The maximum absolute atomic E-state index is 12.1. The first-order valence-electron chi connectivity index (χ1n) is 7.09. The second kappa shape index (κ2) is 7.26. The number of urea groups is 1. The molecule has 120 valence electrons.